The maximum Gasteiger partial charge on any atom is 0.123 e. The van der Waals surface area contributed by atoms with Gasteiger partial charge in [0.15, 0.2) is 0 Å². The molecule has 0 bridgehead atoms. The minimum atomic E-state index is -0.115. The second-order valence-corrected chi connectivity index (χ2v) is 12.4. The SMILES string of the molecule is CCCCCC(CC)(Pc1ccccc1CS)c1cc(Cc2ccccc2)cc(Cc2ccccc2)c1O. The molecule has 0 fully saturated rings. The van der Waals surface area contributed by atoms with Crippen LogP contribution in [-0.2, 0) is 23.8 Å². The fourth-order valence-corrected chi connectivity index (χ4v) is 7.70. The number of rotatable bonds is 13. The summed E-state index contributed by atoms with van der Waals surface area (Å²) in [7, 11) is 0.576. The Morgan fingerprint density at radius 2 is 1.34 bits per heavy atom. The molecule has 4 rings (SSSR count). The maximum atomic E-state index is 12.0. The van der Waals surface area contributed by atoms with Crippen molar-refractivity contribution in [3.63, 3.8) is 0 Å². The molecule has 0 radical (unpaired) electrons. The van der Waals surface area contributed by atoms with Crippen molar-refractivity contribution < 1.29 is 5.11 Å². The number of phenolic OH excluding ortho intramolecular Hbond substituents is 1. The zero-order valence-corrected chi connectivity index (χ0v) is 24.7. The number of phenols is 1. The molecule has 0 saturated carbocycles. The number of thiol groups is 1. The van der Waals surface area contributed by atoms with Gasteiger partial charge in [-0.2, -0.15) is 12.6 Å². The van der Waals surface area contributed by atoms with Gasteiger partial charge in [-0.3, -0.25) is 0 Å². The van der Waals surface area contributed by atoms with Crippen LogP contribution < -0.4 is 5.30 Å². The molecule has 1 nitrogen and oxygen atoms in total. The summed E-state index contributed by atoms with van der Waals surface area (Å²) in [6.07, 6.45) is 7.22. The van der Waals surface area contributed by atoms with E-state index in [1.54, 1.807) is 0 Å². The van der Waals surface area contributed by atoms with E-state index in [0.717, 1.165) is 49.0 Å². The Hall–Kier alpha value is -2.54. The van der Waals surface area contributed by atoms with Crippen molar-refractivity contribution in [1.82, 2.24) is 0 Å². The molecule has 38 heavy (non-hydrogen) atoms. The average molecular weight is 541 g/mol. The molecular formula is C35H41OPS. The molecule has 0 spiro atoms. The van der Waals surface area contributed by atoms with E-state index in [0.29, 0.717) is 14.3 Å². The van der Waals surface area contributed by atoms with Crippen molar-refractivity contribution in [2.45, 2.75) is 69.7 Å². The maximum absolute atomic E-state index is 12.0. The summed E-state index contributed by atoms with van der Waals surface area (Å²) < 4.78 is 0. The molecular weight excluding hydrogens is 499 g/mol. The summed E-state index contributed by atoms with van der Waals surface area (Å²) in [5, 5.41) is 13.2. The Labute approximate surface area is 236 Å². The lowest BCUT2D eigenvalue weighted by Gasteiger charge is -2.36. The smallest absolute Gasteiger partial charge is 0.123 e. The van der Waals surface area contributed by atoms with Crippen LogP contribution in [0, 0.1) is 0 Å². The molecule has 2 unspecified atom stereocenters. The van der Waals surface area contributed by atoms with Crippen molar-refractivity contribution in [3.05, 3.63) is 130 Å². The van der Waals surface area contributed by atoms with Gasteiger partial charge in [0, 0.05) is 22.9 Å². The van der Waals surface area contributed by atoms with Crippen LogP contribution in [0.25, 0.3) is 0 Å². The highest BCUT2D eigenvalue weighted by molar-refractivity contribution is 7.79. The topological polar surface area (TPSA) is 20.2 Å². The van der Waals surface area contributed by atoms with E-state index in [4.69, 9.17) is 0 Å². The van der Waals surface area contributed by atoms with Crippen LogP contribution in [0.3, 0.4) is 0 Å². The third-order valence-corrected chi connectivity index (χ3v) is 10.1. The van der Waals surface area contributed by atoms with E-state index in [9.17, 15) is 5.11 Å². The lowest BCUT2D eigenvalue weighted by molar-refractivity contribution is 0.432. The van der Waals surface area contributed by atoms with E-state index in [1.165, 1.54) is 40.4 Å². The highest BCUT2D eigenvalue weighted by atomic mass is 32.1. The van der Waals surface area contributed by atoms with Crippen LogP contribution >= 0.6 is 21.2 Å². The van der Waals surface area contributed by atoms with Crippen LogP contribution in [0.1, 0.15) is 79.3 Å². The summed E-state index contributed by atoms with van der Waals surface area (Å²) in [5.74, 6) is 1.22. The standard InChI is InChI=1S/C35H41OPS/c1-3-5-14-21-35(4-2,37-33-20-13-12-19-30(33)26-38)32-25-29(22-27-15-8-6-9-16-27)24-31(34(32)36)23-28-17-10-7-11-18-28/h6-13,15-20,24-25,36-38H,3-5,14,21-23,26H2,1-2H3. The Bertz CT molecular complexity index is 1290. The summed E-state index contributed by atoms with van der Waals surface area (Å²) in [5.41, 5.74) is 7.25. The molecule has 0 heterocycles. The molecule has 1 N–H and O–H groups in total. The van der Waals surface area contributed by atoms with Gasteiger partial charge in [-0.1, -0.05) is 139 Å². The van der Waals surface area contributed by atoms with Gasteiger partial charge in [0.05, 0.1) is 0 Å². The molecule has 0 aliphatic heterocycles. The monoisotopic (exact) mass is 540 g/mol. The minimum Gasteiger partial charge on any atom is -0.507 e. The molecule has 0 amide bonds. The molecule has 4 aromatic carbocycles. The molecule has 0 aliphatic carbocycles. The number of hydrogen-bond acceptors (Lipinski definition) is 2. The predicted molar refractivity (Wildman–Crippen MR) is 170 cm³/mol. The Kier molecular flexibility index (Phi) is 10.5. The summed E-state index contributed by atoms with van der Waals surface area (Å²) in [6, 6.07) is 34.5. The van der Waals surface area contributed by atoms with Crippen LogP contribution in [0.2, 0.25) is 0 Å². The zero-order valence-electron chi connectivity index (χ0n) is 22.8. The van der Waals surface area contributed by atoms with E-state index in [1.807, 2.05) is 0 Å². The summed E-state index contributed by atoms with van der Waals surface area (Å²) in [4.78, 5) is 0. The molecule has 198 valence electrons. The van der Waals surface area contributed by atoms with Crippen LogP contribution in [-0.4, -0.2) is 5.11 Å². The largest absolute Gasteiger partial charge is 0.507 e. The van der Waals surface area contributed by atoms with E-state index in [-0.39, 0.29) is 5.16 Å². The molecule has 3 heteroatoms. The molecule has 2 atom stereocenters. The lowest BCUT2D eigenvalue weighted by atomic mass is 9.85. The molecule has 0 saturated heterocycles. The second-order valence-electron chi connectivity index (χ2n) is 10.3. The van der Waals surface area contributed by atoms with Crippen molar-refractivity contribution in [1.29, 1.82) is 0 Å². The molecule has 0 aliphatic rings. The van der Waals surface area contributed by atoms with Gasteiger partial charge in [-0.15, -0.1) is 0 Å². The van der Waals surface area contributed by atoms with Gasteiger partial charge in [0.25, 0.3) is 0 Å². The first-order valence-electron chi connectivity index (χ1n) is 14.0. The highest BCUT2D eigenvalue weighted by Gasteiger charge is 2.34. The fourth-order valence-electron chi connectivity index (χ4n) is 5.44. The number of benzene rings is 4. The van der Waals surface area contributed by atoms with Crippen molar-refractivity contribution >= 4 is 26.5 Å². The number of hydrogen-bond donors (Lipinski definition) is 2. The Balaban J connectivity index is 1.85. The van der Waals surface area contributed by atoms with Gasteiger partial charge < -0.3 is 5.11 Å². The minimum absolute atomic E-state index is 0.115. The summed E-state index contributed by atoms with van der Waals surface area (Å²) >= 11 is 4.65. The van der Waals surface area contributed by atoms with Crippen LogP contribution in [0.15, 0.2) is 97.1 Å². The van der Waals surface area contributed by atoms with Gasteiger partial charge in [-0.25, -0.2) is 0 Å². The van der Waals surface area contributed by atoms with E-state index in [2.05, 4.69) is 124 Å². The predicted octanol–water partition coefficient (Wildman–Crippen LogP) is 9.19. The van der Waals surface area contributed by atoms with Gasteiger partial charge in [0.1, 0.15) is 5.75 Å². The number of aromatic hydroxyl groups is 1. The number of unbranched alkanes of at least 4 members (excludes halogenated alkanes) is 2. The van der Waals surface area contributed by atoms with Crippen molar-refractivity contribution in [2.24, 2.45) is 0 Å². The highest BCUT2D eigenvalue weighted by Crippen LogP contribution is 2.52. The Morgan fingerprint density at radius 3 is 1.97 bits per heavy atom. The Morgan fingerprint density at radius 1 is 0.711 bits per heavy atom. The molecule has 4 aromatic rings. The zero-order chi connectivity index (χ0) is 26.8. The normalized spacial score (nSPS) is 13.1. The van der Waals surface area contributed by atoms with Crippen molar-refractivity contribution in [2.75, 3.05) is 0 Å². The average Bonchev–Trinajstić information content (AvgIpc) is 2.95. The first kappa shape index (κ1) is 28.5. The van der Waals surface area contributed by atoms with Gasteiger partial charge in [0.2, 0.25) is 0 Å². The van der Waals surface area contributed by atoms with Gasteiger partial charge in [-0.05, 0) is 52.4 Å². The second kappa shape index (κ2) is 14.0. The van der Waals surface area contributed by atoms with E-state index < -0.39 is 0 Å². The third kappa shape index (κ3) is 7.10. The first-order valence-corrected chi connectivity index (χ1v) is 15.6. The fraction of sp³-hybridized carbons (Fsp3) is 0.314. The van der Waals surface area contributed by atoms with E-state index >= 15 is 0 Å². The third-order valence-electron chi connectivity index (χ3n) is 7.62. The molecule has 0 aromatic heterocycles. The first-order chi connectivity index (χ1) is 18.6. The van der Waals surface area contributed by atoms with Crippen LogP contribution in [0.5, 0.6) is 5.75 Å². The lowest BCUT2D eigenvalue weighted by Crippen LogP contribution is -2.25. The van der Waals surface area contributed by atoms with Crippen LogP contribution in [0.4, 0.5) is 0 Å². The van der Waals surface area contributed by atoms with Gasteiger partial charge >= 0.3 is 0 Å². The quantitative estimate of drug-likeness (QED) is 0.0984. The van der Waals surface area contributed by atoms with Crippen molar-refractivity contribution in [3.8, 4) is 5.75 Å². The summed E-state index contributed by atoms with van der Waals surface area (Å²) in [6.45, 7) is 4.57.